The van der Waals surface area contributed by atoms with E-state index in [1.54, 1.807) is 0 Å². The number of halogens is 2. The number of hydrogen-bond donors (Lipinski definition) is 0. The smallest absolute Gasteiger partial charge is 0.0235 e. The van der Waals surface area contributed by atoms with E-state index in [4.69, 9.17) is 11.6 Å². The van der Waals surface area contributed by atoms with Gasteiger partial charge in [0.1, 0.15) is 0 Å². The SMILES string of the molecule is Cl.ClCCCN1CCCCC1. The second-order valence-electron chi connectivity index (χ2n) is 2.94. The van der Waals surface area contributed by atoms with Crippen molar-refractivity contribution in [2.24, 2.45) is 0 Å². The average molecular weight is 198 g/mol. The maximum atomic E-state index is 5.59. The van der Waals surface area contributed by atoms with Crippen LogP contribution in [0.15, 0.2) is 0 Å². The molecule has 1 aliphatic heterocycles. The molecule has 11 heavy (non-hydrogen) atoms. The summed E-state index contributed by atoms with van der Waals surface area (Å²) in [7, 11) is 0. The largest absolute Gasteiger partial charge is 0.303 e. The summed E-state index contributed by atoms with van der Waals surface area (Å²) in [5.74, 6) is 0.816. The molecule has 0 radical (unpaired) electrons. The molecule has 0 atom stereocenters. The lowest BCUT2D eigenvalue weighted by Gasteiger charge is -2.25. The van der Waals surface area contributed by atoms with Crippen LogP contribution in [0.5, 0.6) is 0 Å². The van der Waals surface area contributed by atoms with Gasteiger partial charge in [-0.1, -0.05) is 6.42 Å². The Labute approximate surface area is 80.5 Å². The second kappa shape index (κ2) is 7.20. The second-order valence-corrected chi connectivity index (χ2v) is 3.32. The standard InChI is InChI=1S/C8H16ClN.ClH/c9-5-4-8-10-6-2-1-3-7-10;/h1-8H2;1H. The molecule has 0 spiro atoms. The van der Waals surface area contributed by atoms with Gasteiger partial charge in [-0.2, -0.15) is 0 Å². The highest BCUT2D eigenvalue weighted by atomic mass is 35.5. The van der Waals surface area contributed by atoms with Crippen LogP contribution in [0.2, 0.25) is 0 Å². The van der Waals surface area contributed by atoms with Crippen molar-refractivity contribution in [2.45, 2.75) is 25.7 Å². The Balaban J connectivity index is 0.000001000. The number of piperidine rings is 1. The van der Waals surface area contributed by atoms with Gasteiger partial charge in [-0.3, -0.25) is 0 Å². The van der Waals surface area contributed by atoms with Crippen molar-refractivity contribution >= 4 is 24.0 Å². The van der Waals surface area contributed by atoms with Crippen LogP contribution in [-0.2, 0) is 0 Å². The van der Waals surface area contributed by atoms with Crippen molar-refractivity contribution in [3.8, 4) is 0 Å². The topological polar surface area (TPSA) is 3.24 Å². The van der Waals surface area contributed by atoms with Crippen LogP contribution in [0.3, 0.4) is 0 Å². The van der Waals surface area contributed by atoms with E-state index in [-0.39, 0.29) is 12.4 Å². The van der Waals surface area contributed by atoms with Crippen LogP contribution in [0.4, 0.5) is 0 Å². The molecule has 1 fully saturated rings. The first kappa shape index (κ1) is 11.5. The predicted molar refractivity (Wildman–Crippen MR) is 52.9 cm³/mol. The highest BCUT2D eigenvalue weighted by Gasteiger charge is 2.07. The Bertz CT molecular complexity index is 82.2. The third kappa shape index (κ3) is 4.89. The molecule has 0 amide bonds. The van der Waals surface area contributed by atoms with Gasteiger partial charge in [0.15, 0.2) is 0 Å². The fourth-order valence-corrected chi connectivity index (χ4v) is 1.59. The Hall–Kier alpha value is 0.540. The van der Waals surface area contributed by atoms with Crippen LogP contribution in [0.25, 0.3) is 0 Å². The molecular formula is C8H17Cl2N. The van der Waals surface area contributed by atoms with Crippen LogP contribution >= 0.6 is 24.0 Å². The number of rotatable bonds is 3. The van der Waals surface area contributed by atoms with E-state index >= 15 is 0 Å². The lowest BCUT2D eigenvalue weighted by Crippen LogP contribution is -2.30. The molecule has 0 aromatic rings. The zero-order valence-electron chi connectivity index (χ0n) is 6.89. The van der Waals surface area contributed by atoms with Crippen LogP contribution in [-0.4, -0.2) is 30.4 Å². The lowest BCUT2D eigenvalue weighted by molar-refractivity contribution is 0.230. The van der Waals surface area contributed by atoms with E-state index < -0.39 is 0 Å². The van der Waals surface area contributed by atoms with E-state index in [2.05, 4.69) is 4.90 Å². The Morgan fingerprint density at radius 2 is 1.73 bits per heavy atom. The van der Waals surface area contributed by atoms with Gasteiger partial charge in [0, 0.05) is 5.88 Å². The summed E-state index contributed by atoms with van der Waals surface area (Å²) in [4.78, 5) is 2.52. The molecule has 1 rings (SSSR count). The number of nitrogens with zero attached hydrogens (tertiary/aromatic N) is 1. The molecule has 0 aromatic heterocycles. The van der Waals surface area contributed by atoms with Gasteiger partial charge < -0.3 is 4.90 Å². The van der Waals surface area contributed by atoms with Crippen LogP contribution < -0.4 is 0 Å². The zero-order valence-corrected chi connectivity index (χ0v) is 8.46. The van der Waals surface area contributed by atoms with Crippen molar-refractivity contribution in [1.82, 2.24) is 4.90 Å². The highest BCUT2D eigenvalue weighted by molar-refractivity contribution is 6.17. The van der Waals surface area contributed by atoms with Gasteiger partial charge >= 0.3 is 0 Å². The molecule has 0 bridgehead atoms. The maximum absolute atomic E-state index is 5.59. The van der Waals surface area contributed by atoms with Crippen molar-refractivity contribution in [3.05, 3.63) is 0 Å². The molecule has 0 unspecified atom stereocenters. The highest BCUT2D eigenvalue weighted by Crippen LogP contribution is 2.08. The third-order valence-corrected chi connectivity index (χ3v) is 2.32. The molecule has 3 heteroatoms. The fourth-order valence-electron chi connectivity index (χ4n) is 1.47. The van der Waals surface area contributed by atoms with Crippen molar-refractivity contribution in [3.63, 3.8) is 0 Å². The number of likely N-dealkylation sites (tertiary alicyclic amines) is 1. The first-order valence-electron chi connectivity index (χ1n) is 4.22. The van der Waals surface area contributed by atoms with E-state index in [9.17, 15) is 0 Å². The molecule has 0 N–H and O–H groups in total. The summed E-state index contributed by atoms with van der Waals surface area (Å²) in [5, 5.41) is 0. The average Bonchev–Trinajstić information content (AvgIpc) is 2.03. The molecule has 0 aliphatic carbocycles. The maximum Gasteiger partial charge on any atom is 0.0235 e. The van der Waals surface area contributed by atoms with E-state index in [1.807, 2.05) is 0 Å². The van der Waals surface area contributed by atoms with Crippen LogP contribution in [0.1, 0.15) is 25.7 Å². The summed E-state index contributed by atoms with van der Waals surface area (Å²) in [6, 6.07) is 0. The molecule has 0 saturated carbocycles. The van der Waals surface area contributed by atoms with Gasteiger partial charge in [-0.15, -0.1) is 24.0 Å². The van der Waals surface area contributed by atoms with E-state index in [1.165, 1.54) is 38.9 Å². The zero-order chi connectivity index (χ0) is 7.23. The summed E-state index contributed by atoms with van der Waals surface area (Å²) in [6.07, 6.45) is 5.36. The minimum Gasteiger partial charge on any atom is -0.303 e. The Morgan fingerprint density at radius 1 is 1.09 bits per heavy atom. The van der Waals surface area contributed by atoms with Gasteiger partial charge in [0.25, 0.3) is 0 Å². The molecule has 0 aromatic carbocycles. The Kier molecular flexibility index (Phi) is 7.56. The number of hydrogen-bond acceptors (Lipinski definition) is 1. The normalized spacial score (nSPS) is 19.4. The van der Waals surface area contributed by atoms with Gasteiger partial charge in [-0.25, -0.2) is 0 Å². The molecule has 1 heterocycles. The molecule has 1 saturated heterocycles. The van der Waals surface area contributed by atoms with Gasteiger partial charge in [0.2, 0.25) is 0 Å². The minimum atomic E-state index is 0. The summed E-state index contributed by atoms with van der Waals surface area (Å²) >= 11 is 5.59. The Morgan fingerprint density at radius 3 is 2.27 bits per heavy atom. The van der Waals surface area contributed by atoms with E-state index in [0.717, 1.165) is 12.3 Å². The van der Waals surface area contributed by atoms with Crippen molar-refractivity contribution in [1.29, 1.82) is 0 Å². The number of alkyl halides is 1. The van der Waals surface area contributed by atoms with E-state index in [0.29, 0.717) is 0 Å². The van der Waals surface area contributed by atoms with Crippen molar-refractivity contribution in [2.75, 3.05) is 25.5 Å². The molecule has 1 aliphatic rings. The quantitative estimate of drug-likeness (QED) is 0.630. The minimum absolute atomic E-state index is 0. The van der Waals surface area contributed by atoms with Crippen molar-refractivity contribution < 1.29 is 0 Å². The fraction of sp³-hybridized carbons (Fsp3) is 1.00. The monoisotopic (exact) mass is 197 g/mol. The molecular weight excluding hydrogens is 181 g/mol. The first-order valence-corrected chi connectivity index (χ1v) is 4.75. The summed E-state index contributed by atoms with van der Waals surface area (Å²) < 4.78 is 0. The lowest BCUT2D eigenvalue weighted by atomic mass is 10.1. The third-order valence-electron chi connectivity index (χ3n) is 2.06. The molecule has 1 nitrogen and oxygen atoms in total. The van der Waals surface area contributed by atoms with Crippen LogP contribution in [0, 0.1) is 0 Å². The molecule has 68 valence electrons. The summed E-state index contributed by atoms with van der Waals surface area (Å²) in [5.41, 5.74) is 0. The predicted octanol–water partition coefficient (Wildman–Crippen LogP) is 2.52. The van der Waals surface area contributed by atoms with Gasteiger partial charge in [-0.05, 0) is 38.9 Å². The summed E-state index contributed by atoms with van der Waals surface area (Å²) in [6.45, 7) is 3.82. The first-order chi connectivity index (χ1) is 4.93. The van der Waals surface area contributed by atoms with Gasteiger partial charge in [0.05, 0.1) is 0 Å².